The van der Waals surface area contributed by atoms with Gasteiger partial charge in [0.05, 0.1) is 9.82 Å². The lowest BCUT2D eigenvalue weighted by molar-refractivity contribution is -0.384. The van der Waals surface area contributed by atoms with E-state index in [-0.39, 0.29) is 16.4 Å². The highest BCUT2D eigenvalue weighted by Gasteiger charge is 2.54. The van der Waals surface area contributed by atoms with Gasteiger partial charge >= 0.3 is 0 Å². The predicted molar refractivity (Wildman–Crippen MR) is 173 cm³/mol. The van der Waals surface area contributed by atoms with Crippen LogP contribution in [0.25, 0.3) is 21.8 Å². The number of likely N-dealkylation sites (N-methyl/N-ethyl adjacent to an activating group) is 1. The van der Waals surface area contributed by atoms with E-state index >= 15 is 0 Å². The number of hydrogen-bond acceptors (Lipinski definition) is 4. The summed E-state index contributed by atoms with van der Waals surface area (Å²) in [5.74, 6) is 0.237. The fourth-order valence-corrected chi connectivity index (χ4v) is 7.75. The van der Waals surface area contributed by atoms with Crippen LogP contribution < -0.4 is 4.90 Å². The second kappa shape index (κ2) is 9.65. The Morgan fingerprint density at radius 2 is 1.30 bits per heavy atom. The van der Waals surface area contributed by atoms with Crippen molar-refractivity contribution in [2.45, 2.75) is 17.2 Å². The number of nitrogens with zero attached hydrogens (tertiary/aromatic N) is 5. The molecule has 4 aromatic carbocycles. The fraction of sp³-hybridized carbons (Fsp3) is 0.147. The van der Waals surface area contributed by atoms with Crippen molar-refractivity contribution in [3.8, 4) is 0 Å². The summed E-state index contributed by atoms with van der Waals surface area (Å²) in [4.78, 5) is 13.6. The molecule has 10 heteroatoms. The minimum Gasteiger partial charge on any atom is -0.350 e. The number of rotatable bonds is 5. The molecule has 0 bridgehead atoms. The van der Waals surface area contributed by atoms with E-state index in [9.17, 15) is 18.5 Å². The molecule has 9 nitrogen and oxygen atoms in total. The van der Waals surface area contributed by atoms with Crippen molar-refractivity contribution >= 4 is 49.0 Å². The van der Waals surface area contributed by atoms with Crippen molar-refractivity contribution in [2.24, 2.45) is 18.5 Å². The number of nitro groups is 1. The van der Waals surface area contributed by atoms with Gasteiger partial charge in [-0.3, -0.25) is 10.1 Å². The van der Waals surface area contributed by atoms with E-state index in [2.05, 4.69) is 4.40 Å². The van der Waals surface area contributed by atoms with Gasteiger partial charge in [0, 0.05) is 89.9 Å². The zero-order valence-electron chi connectivity index (χ0n) is 24.6. The zero-order chi connectivity index (χ0) is 31.0. The van der Waals surface area contributed by atoms with Gasteiger partial charge < -0.3 is 14.0 Å². The largest absolute Gasteiger partial charge is 0.350 e. The number of benzene rings is 4. The Balaban J connectivity index is 1.70. The standard InChI is InChI=1S/C34H29N5O4S/c1-22-13-16-24(17-14-22)44(42,43)35-33-34(28-20-36(2)30-11-7-5-9-25(28)30,29-21-37(3)31-12-8-6-10-26(29)31)27-19-23(39(40)41)15-18-32(27)38(33)4/h5-21H,1-4H3/b35-33-. The number of aromatic nitrogens is 2. The topological polar surface area (TPSA) is 103 Å². The van der Waals surface area contributed by atoms with Crippen molar-refractivity contribution in [3.05, 3.63) is 136 Å². The molecule has 0 atom stereocenters. The first-order valence-corrected chi connectivity index (χ1v) is 15.5. The van der Waals surface area contributed by atoms with Crippen molar-refractivity contribution < 1.29 is 13.3 Å². The Labute approximate surface area is 254 Å². The number of amidine groups is 1. The average Bonchev–Trinajstić information content (AvgIpc) is 3.61. The first kappa shape index (κ1) is 27.6. The Hall–Kier alpha value is -5.22. The normalized spacial score (nSPS) is 15.4. The molecule has 0 N–H and O–H groups in total. The third kappa shape index (κ3) is 3.84. The number of fused-ring (bicyclic) bond motifs is 3. The average molecular weight is 604 g/mol. The molecule has 0 aliphatic carbocycles. The molecule has 0 unspecified atom stereocenters. The van der Waals surface area contributed by atoms with Gasteiger partial charge in [-0.15, -0.1) is 4.40 Å². The molecule has 0 fully saturated rings. The summed E-state index contributed by atoms with van der Waals surface area (Å²) in [5, 5.41) is 14.0. The molecule has 1 aliphatic heterocycles. The van der Waals surface area contributed by atoms with Crippen molar-refractivity contribution in [2.75, 3.05) is 11.9 Å². The van der Waals surface area contributed by atoms with Gasteiger partial charge in [-0.2, -0.15) is 8.42 Å². The molecule has 220 valence electrons. The third-order valence-electron chi connectivity index (χ3n) is 8.74. The summed E-state index contributed by atoms with van der Waals surface area (Å²) in [6.07, 6.45) is 3.98. The molecular formula is C34H29N5O4S. The van der Waals surface area contributed by atoms with Crippen LogP contribution in [0, 0.1) is 17.0 Å². The minimum atomic E-state index is -4.22. The van der Waals surface area contributed by atoms with Crippen LogP contribution in [0.3, 0.4) is 0 Å². The lowest BCUT2D eigenvalue weighted by atomic mass is 9.69. The lowest BCUT2D eigenvalue weighted by Crippen LogP contribution is -2.41. The fourth-order valence-electron chi connectivity index (χ4n) is 6.68. The highest BCUT2D eigenvalue weighted by molar-refractivity contribution is 7.90. The maximum atomic E-state index is 14.1. The summed E-state index contributed by atoms with van der Waals surface area (Å²) in [6.45, 7) is 1.89. The predicted octanol–water partition coefficient (Wildman–Crippen LogP) is 6.46. The number of hydrogen-bond donors (Lipinski definition) is 0. The molecule has 0 amide bonds. The summed E-state index contributed by atoms with van der Waals surface area (Å²) in [7, 11) is 1.43. The number of para-hydroxylation sites is 2. The molecule has 1 aliphatic rings. The van der Waals surface area contributed by atoms with Crippen molar-refractivity contribution in [3.63, 3.8) is 0 Å². The van der Waals surface area contributed by atoms with Crippen molar-refractivity contribution in [1.82, 2.24) is 9.13 Å². The van der Waals surface area contributed by atoms with E-state index in [1.165, 1.54) is 6.07 Å². The highest BCUT2D eigenvalue weighted by atomic mass is 32.2. The van der Waals surface area contributed by atoms with Crippen LogP contribution in [0.1, 0.15) is 22.3 Å². The first-order valence-electron chi connectivity index (χ1n) is 14.1. The Morgan fingerprint density at radius 3 is 1.84 bits per heavy atom. The smallest absolute Gasteiger partial charge is 0.284 e. The second-order valence-corrected chi connectivity index (χ2v) is 12.9. The van der Waals surface area contributed by atoms with E-state index in [1.54, 1.807) is 48.3 Å². The Kier molecular flexibility index (Phi) is 6.05. The highest BCUT2D eigenvalue weighted by Crippen LogP contribution is 2.55. The molecule has 0 spiro atoms. The molecule has 0 saturated heterocycles. The molecule has 0 radical (unpaired) electrons. The Morgan fingerprint density at radius 1 is 0.750 bits per heavy atom. The Bertz CT molecular complexity index is 2200. The molecule has 3 heterocycles. The van der Waals surface area contributed by atoms with Crippen LogP contribution in [0.2, 0.25) is 0 Å². The van der Waals surface area contributed by atoms with Crippen molar-refractivity contribution in [1.29, 1.82) is 0 Å². The lowest BCUT2D eigenvalue weighted by Gasteiger charge is -2.31. The summed E-state index contributed by atoms with van der Waals surface area (Å²) in [6, 6.07) is 27.1. The van der Waals surface area contributed by atoms with E-state index in [0.29, 0.717) is 11.3 Å². The summed E-state index contributed by atoms with van der Waals surface area (Å²) < 4.78 is 36.9. The molecule has 44 heavy (non-hydrogen) atoms. The molecular weight excluding hydrogens is 574 g/mol. The number of non-ortho nitro benzene ring substituents is 1. The molecule has 0 saturated carbocycles. The van der Waals surface area contributed by atoms with Gasteiger partial charge in [0.1, 0.15) is 11.3 Å². The van der Waals surface area contributed by atoms with Gasteiger partial charge in [0.2, 0.25) is 0 Å². The van der Waals surface area contributed by atoms with Gasteiger partial charge in [-0.25, -0.2) is 0 Å². The monoisotopic (exact) mass is 603 g/mol. The first-order chi connectivity index (χ1) is 21.0. The van der Waals surface area contributed by atoms with E-state index < -0.39 is 20.4 Å². The van der Waals surface area contributed by atoms with Crippen LogP contribution in [-0.4, -0.2) is 35.4 Å². The van der Waals surface area contributed by atoms with E-state index in [0.717, 1.165) is 38.5 Å². The van der Waals surface area contributed by atoms with Gasteiger partial charge in [0.15, 0.2) is 0 Å². The quantitative estimate of drug-likeness (QED) is 0.166. The van der Waals surface area contributed by atoms with Crippen LogP contribution in [0.4, 0.5) is 11.4 Å². The number of sulfonamides is 1. The maximum Gasteiger partial charge on any atom is 0.284 e. The second-order valence-electron chi connectivity index (χ2n) is 11.3. The van der Waals surface area contributed by atoms with Crippen LogP contribution in [0.5, 0.6) is 0 Å². The molecule has 6 aromatic rings. The molecule has 2 aromatic heterocycles. The summed E-state index contributed by atoms with van der Waals surface area (Å²) in [5.41, 5.74) is 4.13. The zero-order valence-corrected chi connectivity index (χ0v) is 25.4. The van der Waals surface area contributed by atoms with E-state index in [4.69, 9.17) is 0 Å². The molecule has 7 rings (SSSR count). The van der Waals surface area contributed by atoms with Crippen LogP contribution in [0.15, 0.2) is 113 Å². The summed E-state index contributed by atoms with van der Waals surface area (Å²) >= 11 is 0. The number of anilines is 1. The van der Waals surface area contributed by atoms with E-state index in [1.807, 2.05) is 91.1 Å². The van der Waals surface area contributed by atoms with Gasteiger partial charge in [-0.05, 0) is 37.3 Å². The van der Waals surface area contributed by atoms with Crippen LogP contribution in [-0.2, 0) is 29.5 Å². The van der Waals surface area contributed by atoms with Gasteiger partial charge in [-0.1, -0.05) is 54.1 Å². The van der Waals surface area contributed by atoms with Gasteiger partial charge in [0.25, 0.3) is 15.7 Å². The maximum absolute atomic E-state index is 14.1. The third-order valence-corrected chi connectivity index (χ3v) is 10.0. The number of nitro benzene ring substituents is 1. The minimum absolute atomic E-state index is 0.0654. The van der Waals surface area contributed by atoms with Crippen LogP contribution >= 0.6 is 0 Å². The number of aryl methyl sites for hydroxylation is 3. The SMILES string of the molecule is Cc1ccc(S(=O)(=O)/N=C2\N(C)c3ccc([N+](=O)[O-])cc3C2(c2cn(C)c3ccccc23)c2cn(C)c3ccccc23)cc1.